The standard InChI is InChI=1S/C12H11F3O/c1-7(16)10-6-11(10)8-2-4-9(5-3-8)12(13,14)15/h2-5,10-11H,6H2,1H3/t10-,11-/m1/s1. The van der Waals surface area contributed by atoms with Gasteiger partial charge in [0.2, 0.25) is 0 Å². The average molecular weight is 228 g/mol. The van der Waals surface area contributed by atoms with E-state index in [1.54, 1.807) is 0 Å². The van der Waals surface area contributed by atoms with Crippen molar-refractivity contribution < 1.29 is 18.0 Å². The van der Waals surface area contributed by atoms with Gasteiger partial charge in [-0.2, -0.15) is 13.2 Å². The van der Waals surface area contributed by atoms with Crippen molar-refractivity contribution in [3.63, 3.8) is 0 Å². The number of rotatable bonds is 2. The van der Waals surface area contributed by atoms with Crippen molar-refractivity contribution in [1.29, 1.82) is 0 Å². The van der Waals surface area contributed by atoms with Gasteiger partial charge < -0.3 is 0 Å². The van der Waals surface area contributed by atoms with Crippen molar-refractivity contribution in [1.82, 2.24) is 0 Å². The molecule has 0 heterocycles. The summed E-state index contributed by atoms with van der Waals surface area (Å²) in [7, 11) is 0. The van der Waals surface area contributed by atoms with E-state index in [2.05, 4.69) is 0 Å². The van der Waals surface area contributed by atoms with Crippen LogP contribution in [0.5, 0.6) is 0 Å². The molecule has 1 aromatic carbocycles. The van der Waals surface area contributed by atoms with Gasteiger partial charge >= 0.3 is 6.18 Å². The summed E-state index contributed by atoms with van der Waals surface area (Å²) in [5.41, 5.74) is 0.185. The molecule has 1 aliphatic carbocycles. The van der Waals surface area contributed by atoms with E-state index in [0.717, 1.165) is 24.1 Å². The molecule has 0 aliphatic heterocycles. The lowest BCUT2D eigenvalue weighted by Crippen LogP contribution is -2.04. The summed E-state index contributed by atoms with van der Waals surface area (Å²) in [6.07, 6.45) is -3.53. The fraction of sp³-hybridized carbons (Fsp3) is 0.417. The van der Waals surface area contributed by atoms with Gasteiger partial charge in [-0.15, -0.1) is 0 Å². The predicted octanol–water partition coefficient (Wildman–Crippen LogP) is 3.40. The summed E-state index contributed by atoms with van der Waals surface area (Å²) in [5.74, 6) is 0.251. The molecule has 0 N–H and O–H groups in total. The molecule has 1 nitrogen and oxygen atoms in total. The zero-order valence-electron chi connectivity index (χ0n) is 8.71. The third-order valence-corrected chi connectivity index (χ3v) is 2.98. The maximum Gasteiger partial charge on any atom is 0.416 e. The molecule has 0 amide bonds. The lowest BCUT2D eigenvalue weighted by atomic mass is 10.1. The number of benzene rings is 1. The minimum absolute atomic E-state index is 0.0109. The largest absolute Gasteiger partial charge is 0.416 e. The Morgan fingerprint density at radius 2 is 1.81 bits per heavy atom. The fourth-order valence-electron chi connectivity index (χ4n) is 1.93. The van der Waals surface area contributed by atoms with Crippen molar-refractivity contribution in [2.45, 2.75) is 25.4 Å². The van der Waals surface area contributed by atoms with E-state index in [4.69, 9.17) is 0 Å². The van der Waals surface area contributed by atoms with E-state index in [-0.39, 0.29) is 17.6 Å². The van der Waals surface area contributed by atoms with Gasteiger partial charge in [-0.25, -0.2) is 0 Å². The van der Waals surface area contributed by atoms with Crippen LogP contribution in [0.1, 0.15) is 30.4 Å². The first-order chi connectivity index (χ1) is 7.39. The van der Waals surface area contributed by atoms with Crippen LogP contribution in [0.25, 0.3) is 0 Å². The van der Waals surface area contributed by atoms with Crippen molar-refractivity contribution in [2.24, 2.45) is 5.92 Å². The monoisotopic (exact) mass is 228 g/mol. The minimum Gasteiger partial charge on any atom is -0.300 e. The second kappa shape index (κ2) is 3.61. The Morgan fingerprint density at radius 3 is 2.19 bits per heavy atom. The highest BCUT2D eigenvalue weighted by atomic mass is 19.4. The van der Waals surface area contributed by atoms with Crippen LogP contribution in [0.3, 0.4) is 0 Å². The van der Waals surface area contributed by atoms with Crippen LogP contribution in [0.4, 0.5) is 13.2 Å². The Bertz CT molecular complexity index is 405. The molecule has 0 radical (unpaired) electrons. The molecule has 2 rings (SSSR count). The number of hydrogen-bond acceptors (Lipinski definition) is 1. The van der Waals surface area contributed by atoms with Crippen molar-refractivity contribution in [3.05, 3.63) is 35.4 Å². The molecule has 4 heteroatoms. The number of alkyl halides is 3. The number of hydrogen-bond donors (Lipinski definition) is 0. The summed E-state index contributed by atoms with van der Waals surface area (Å²) in [4.78, 5) is 11.0. The molecular formula is C12H11F3O. The number of halogens is 3. The quantitative estimate of drug-likeness (QED) is 0.758. The molecule has 1 fully saturated rings. The lowest BCUT2D eigenvalue weighted by molar-refractivity contribution is -0.137. The van der Waals surface area contributed by atoms with E-state index in [1.807, 2.05) is 0 Å². The summed E-state index contributed by atoms with van der Waals surface area (Å²) >= 11 is 0. The first-order valence-electron chi connectivity index (χ1n) is 5.07. The van der Waals surface area contributed by atoms with Crippen molar-refractivity contribution in [3.8, 4) is 0 Å². The number of carbonyl (C=O) groups excluding carboxylic acids is 1. The van der Waals surface area contributed by atoms with Gasteiger partial charge in [-0.05, 0) is 37.0 Å². The van der Waals surface area contributed by atoms with Gasteiger partial charge in [0.05, 0.1) is 5.56 Å². The molecular weight excluding hydrogens is 217 g/mol. The molecule has 0 saturated heterocycles. The van der Waals surface area contributed by atoms with E-state index in [1.165, 1.54) is 19.1 Å². The van der Waals surface area contributed by atoms with Crippen LogP contribution in [-0.4, -0.2) is 5.78 Å². The van der Waals surface area contributed by atoms with Gasteiger partial charge in [-0.3, -0.25) is 4.79 Å². The fourth-order valence-corrected chi connectivity index (χ4v) is 1.93. The van der Waals surface area contributed by atoms with Crippen LogP contribution in [0, 0.1) is 5.92 Å². The zero-order valence-corrected chi connectivity index (χ0v) is 8.71. The predicted molar refractivity (Wildman–Crippen MR) is 53.0 cm³/mol. The molecule has 0 unspecified atom stereocenters. The number of carbonyl (C=O) groups is 1. The highest BCUT2D eigenvalue weighted by Gasteiger charge is 2.42. The van der Waals surface area contributed by atoms with Gasteiger partial charge in [-0.1, -0.05) is 12.1 Å². The first kappa shape index (κ1) is 11.2. The molecule has 1 aromatic rings. The van der Waals surface area contributed by atoms with Crippen LogP contribution < -0.4 is 0 Å². The lowest BCUT2D eigenvalue weighted by Gasteiger charge is -2.07. The Balaban J connectivity index is 2.13. The number of ketones is 1. The second-order valence-electron chi connectivity index (χ2n) is 4.18. The average Bonchev–Trinajstić information content (AvgIpc) is 2.96. The summed E-state index contributed by atoms with van der Waals surface area (Å²) in [6, 6.07) is 5.09. The topological polar surface area (TPSA) is 17.1 Å². The van der Waals surface area contributed by atoms with Crippen LogP contribution >= 0.6 is 0 Å². The molecule has 16 heavy (non-hydrogen) atoms. The van der Waals surface area contributed by atoms with Crippen LogP contribution in [-0.2, 0) is 11.0 Å². The molecule has 1 aliphatic rings. The Kier molecular flexibility index (Phi) is 2.52. The summed E-state index contributed by atoms with van der Waals surface area (Å²) in [6.45, 7) is 1.52. The van der Waals surface area contributed by atoms with Crippen LogP contribution in [0.15, 0.2) is 24.3 Å². The summed E-state index contributed by atoms with van der Waals surface area (Å²) in [5, 5.41) is 0. The normalized spacial score (nSPS) is 24.2. The molecule has 0 aromatic heterocycles. The van der Waals surface area contributed by atoms with Gasteiger partial charge in [0.25, 0.3) is 0 Å². The maximum atomic E-state index is 12.3. The Morgan fingerprint density at radius 1 is 1.25 bits per heavy atom. The molecule has 86 valence electrons. The van der Waals surface area contributed by atoms with E-state index in [9.17, 15) is 18.0 Å². The van der Waals surface area contributed by atoms with Crippen molar-refractivity contribution >= 4 is 5.78 Å². The zero-order chi connectivity index (χ0) is 11.9. The third-order valence-electron chi connectivity index (χ3n) is 2.98. The number of Topliss-reactive ketones (excluding diaryl/α,β-unsaturated/α-hetero) is 1. The smallest absolute Gasteiger partial charge is 0.300 e. The molecule has 0 bridgehead atoms. The van der Waals surface area contributed by atoms with Crippen LogP contribution in [0.2, 0.25) is 0 Å². The Labute approximate surface area is 91.3 Å². The molecule has 2 atom stereocenters. The second-order valence-corrected chi connectivity index (χ2v) is 4.18. The molecule has 0 spiro atoms. The molecule has 1 saturated carbocycles. The maximum absolute atomic E-state index is 12.3. The first-order valence-corrected chi connectivity index (χ1v) is 5.07. The van der Waals surface area contributed by atoms with E-state index >= 15 is 0 Å². The van der Waals surface area contributed by atoms with Gasteiger partial charge in [0.15, 0.2) is 0 Å². The SMILES string of the molecule is CC(=O)[C@H]1C[C@@H]1c1ccc(C(F)(F)F)cc1. The third kappa shape index (κ3) is 2.10. The highest BCUT2D eigenvalue weighted by molar-refractivity contribution is 5.82. The van der Waals surface area contributed by atoms with Gasteiger partial charge in [0.1, 0.15) is 5.78 Å². The summed E-state index contributed by atoms with van der Waals surface area (Å²) < 4.78 is 36.9. The highest BCUT2D eigenvalue weighted by Crippen LogP contribution is 2.48. The van der Waals surface area contributed by atoms with Gasteiger partial charge in [0, 0.05) is 5.92 Å². The van der Waals surface area contributed by atoms with E-state index < -0.39 is 11.7 Å². The minimum atomic E-state index is -4.29. The van der Waals surface area contributed by atoms with Crippen molar-refractivity contribution in [2.75, 3.05) is 0 Å². The van der Waals surface area contributed by atoms with E-state index in [0.29, 0.717) is 0 Å². The Hall–Kier alpha value is -1.32.